The Bertz CT molecular complexity index is 274. The minimum atomic E-state index is -0.0337. The average Bonchev–Trinajstić information content (AvgIpc) is 2.19. The zero-order valence-corrected chi connectivity index (χ0v) is 9.68. The van der Waals surface area contributed by atoms with Gasteiger partial charge in [-0.2, -0.15) is 0 Å². The van der Waals surface area contributed by atoms with Crippen molar-refractivity contribution in [1.82, 2.24) is 4.90 Å². The largest absolute Gasteiger partial charge is 0.375 e. The van der Waals surface area contributed by atoms with E-state index in [1.54, 1.807) is 7.11 Å². The molecule has 15 heavy (non-hydrogen) atoms. The number of hydrogen-bond acceptors (Lipinski definition) is 3. The molecule has 2 atom stereocenters. The maximum atomic E-state index is 6.09. The molecule has 0 amide bonds. The molecule has 1 rings (SSSR count). The van der Waals surface area contributed by atoms with E-state index in [2.05, 4.69) is 4.90 Å². The Kier molecular flexibility index (Phi) is 4.75. The van der Waals surface area contributed by atoms with E-state index >= 15 is 0 Å². The van der Waals surface area contributed by atoms with Gasteiger partial charge in [0.25, 0.3) is 0 Å². The van der Waals surface area contributed by atoms with E-state index in [1.807, 2.05) is 44.4 Å². The second-order valence-corrected chi connectivity index (χ2v) is 3.99. The molecule has 0 radical (unpaired) electrons. The second kappa shape index (κ2) is 5.85. The van der Waals surface area contributed by atoms with E-state index in [0.717, 1.165) is 12.1 Å². The number of nitrogens with zero attached hydrogens (tertiary/aromatic N) is 1. The zero-order chi connectivity index (χ0) is 11.3. The summed E-state index contributed by atoms with van der Waals surface area (Å²) in [4.78, 5) is 2.07. The minimum Gasteiger partial charge on any atom is -0.375 e. The number of benzene rings is 1. The fourth-order valence-corrected chi connectivity index (χ4v) is 1.72. The molecule has 0 aliphatic rings. The molecule has 1 aromatic rings. The van der Waals surface area contributed by atoms with Crippen LogP contribution in [-0.2, 0) is 4.74 Å². The van der Waals surface area contributed by atoms with Crippen LogP contribution in [0, 0.1) is 0 Å². The van der Waals surface area contributed by atoms with Gasteiger partial charge in [-0.3, -0.25) is 0 Å². The third kappa shape index (κ3) is 3.63. The Labute approximate surface area is 91.8 Å². The molecule has 0 spiro atoms. The van der Waals surface area contributed by atoms with E-state index in [0.29, 0.717) is 0 Å². The van der Waals surface area contributed by atoms with Crippen LogP contribution in [0.1, 0.15) is 11.7 Å². The second-order valence-electron chi connectivity index (χ2n) is 3.99. The summed E-state index contributed by atoms with van der Waals surface area (Å²) >= 11 is 0. The average molecular weight is 208 g/mol. The number of ether oxygens (including phenoxy) is 1. The molecule has 0 saturated carbocycles. The van der Waals surface area contributed by atoms with Crippen LogP contribution in [0.5, 0.6) is 0 Å². The first-order chi connectivity index (χ1) is 7.15. The topological polar surface area (TPSA) is 38.5 Å². The van der Waals surface area contributed by atoms with Crippen LogP contribution >= 0.6 is 0 Å². The molecule has 3 nitrogen and oxygen atoms in total. The van der Waals surface area contributed by atoms with E-state index in [1.165, 1.54) is 0 Å². The summed E-state index contributed by atoms with van der Waals surface area (Å²) in [6.07, 6.45) is -0.0337. The summed E-state index contributed by atoms with van der Waals surface area (Å²) in [6, 6.07) is 10.1. The molecule has 0 saturated heterocycles. The van der Waals surface area contributed by atoms with Crippen LogP contribution in [-0.4, -0.2) is 38.7 Å². The smallest absolute Gasteiger partial charge is 0.0984 e. The lowest BCUT2D eigenvalue weighted by atomic mass is 10.0. The van der Waals surface area contributed by atoms with Gasteiger partial charge in [-0.15, -0.1) is 0 Å². The maximum absolute atomic E-state index is 6.09. The molecule has 3 heteroatoms. The third-order valence-corrected chi connectivity index (χ3v) is 2.35. The van der Waals surface area contributed by atoms with Crippen molar-refractivity contribution < 1.29 is 4.74 Å². The molecule has 0 heterocycles. The Balaban J connectivity index is 2.71. The summed E-state index contributed by atoms with van der Waals surface area (Å²) in [5.41, 5.74) is 7.23. The van der Waals surface area contributed by atoms with Crippen molar-refractivity contribution in [2.45, 2.75) is 12.1 Å². The van der Waals surface area contributed by atoms with E-state index in [4.69, 9.17) is 10.5 Å². The molecule has 2 N–H and O–H groups in total. The minimum absolute atomic E-state index is 0.00704. The molecular weight excluding hydrogens is 188 g/mol. The predicted molar refractivity (Wildman–Crippen MR) is 62.7 cm³/mol. The fourth-order valence-electron chi connectivity index (χ4n) is 1.72. The normalized spacial score (nSPS) is 15.3. The molecule has 0 fully saturated rings. The monoisotopic (exact) mass is 208 g/mol. The summed E-state index contributed by atoms with van der Waals surface area (Å²) in [5, 5.41) is 0. The van der Waals surface area contributed by atoms with Crippen molar-refractivity contribution in [2.24, 2.45) is 5.73 Å². The highest BCUT2D eigenvalue weighted by Gasteiger charge is 2.19. The number of likely N-dealkylation sites (N-methyl/N-ethyl adjacent to an activating group) is 1. The number of methoxy groups -OCH3 is 1. The van der Waals surface area contributed by atoms with Gasteiger partial charge in [-0.1, -0.05) is 30.3 Å². The van der Waals surface area contributed by atoms with E-state index in [-0.39, 0.29) is 12.1 Å². The van der Waals surface area contributed by atoms with Crippen molar-refractivity contribution >= 4 is 0 Å². The van der Waals surface area contributed by atoms with Crippen LogP contribution in [0.25, 0.3) is 0 Å². The van der Waals surface area contributed by atoms with Gasteiger partial charge in [0.1, 0.15) is 0 Å². The van der Waals surface area contributed by atoms with Gasteiger partial charge in [0.05, 0.1) is 6.10 Å². The third-order valence-electron chi connectivity index (χ3n) is 2.35. The van der Waals surface area contributed by atoms with Gasteiger partial charge in [0, 0.05) is 19.7 Å². The first-order valence-corrected chi connectivity index (χ1v) is 5.13. The van der Waals surface area contributed by atoms with Gasteiger partial charge >= 0.3 is 0 Å². The number of rotatable bonds is 5. The fraction of sp³-hybridized carbons (Fsp3) is 0.500. The summed E-state index contributed by atoms with van der Waals surface area (Å²) in [7, 11) is 5.72. The predicted octanol–water partition coefficient (Wildman–Crippen LogP) is 1.26. The molecule has 84 valence electrons. The molecular formula is C12H20N2O. The first-order valence-electron chi connectivity index (χ1n) is 5.13. The van der Waals surface area contributed by atoms with Gasteiger partial charge in [-0.05, 0) is 19.7 Å². The van der Waals surface area contributed by atoms with E-state index in [9.17, 15) is 0 Å². The van der Waals surface area contributed by atoms with Crippen LogP contribution < -0.4 is 5.73 Å². The standard InChI is InChI=1S/C12H20N2O/c1-14(2)9-11(13)12(15-3)10-7-5-4-6-8-10/h4-8,11-12H,9,13H2,1-3H3/t11-,12-/m1/s1. The lowest BCUT2D eigenvalue weighted by Gasteiger charge is -2.25. The van der Waals surface area contributed by atoms with Crippen molar-refractivity contribution in [2.75, 3.05) is 27.7 Å². The molecule has 0 aromatic heterocycles. The molecule has 0 aliphatic carbocycles. The van der Waals surface area contributed by atoms with Gasteiger partial charge < -0.3 is 15.4 Å². The summed E-state index contributed by atoms with van der Waals surface area (Å²) in [5.74, 6) is 0. The molecule has 1 aromatic carbocycles. The molecule has 0 unspecified atom stereocenters. The van der Waals surface area contributed by atoms with Crippen molar-refractivity contribution in [3.05, 3.63) is 35.9 Å². The Morgan fingerprint density at radius 1 is 1.27 bits per heavy atom. The molecule has 0 aliphatic heterocycles. The van der Waals surface area contributed by atoms with Gasteiger partial charge in [0.15, 0.2) is 0 Å². The highest BCUT2D eigenvalue weighted by molar-refractivity contribution is 5.19. The number of nitrogens with two attached hydrogens (primary N) is 1. The maximum Gasteiger partial charge on any atom is 0.0984 e. The first kappa shape index (κ1) is 12.2. The highest BCUT2D eigenvalue weighted by Crippen LogP contribution is 2.19. The van der Waals surface area contributed by atoms with Crippen molar-refractivity contribution in [1.29, 1.82) is 0 Å². The quantitative estimate of drug-likeness (QED) is 0.792. The highest BCUT2D eigenvalue weighted by atomic mass is 16.5. The Morgan fingerprint density at radius 3 is 2.33 bits per heavy atom. The number of hydrogen-bond donors (Lipinski definition) is 1. The van der Waals surface area contributed by atoms with Gasteiger partial charge in [-0.25, -0.2) is 0 Å². The van der Waals surface area contributed by atoms with Crippen LogP contribution in [0.2, 0.25) is 0 Å². The summed E-state index contributed by atoms with van der Waals surface area (Å²) < 4.78 is 5.45. The van der Waals surface area contributed by atoms with Crippen LogP contribution in [0.15, 0.2) is 30.3 Å². The van der Waals surface area contributed by atoms with Gasteiger partial charge in [0.2, 0.25) is 0 Å². The van der Waals surface area contributed by atoms with Crippen LogP contribution in [0.3, 0.4) is 0 Å². The summed E-state index contributed by atoms with van der Waals surface area (Å²) in [6.45, 7) is 0.813. The Morgan fingerprint density at radius 2 is 1.87 bits per heavy atom. The zero-order valence-electron chi connectivity index (χ0n) is 9.68. The van der Waals surface area contributed by atoms with Crippen LogP contribution in [0.4, 0.5) is 0 Å². The lowest BCUT2D eigenvalue weighted by Crippen LogP contribution is -2.39. The Hall–Kier alpha value is -0.900. The van der Waals surface area contributed by atoms with Crippen molar-refractivity contribution in [3.8, 4) is 0 Å². The van der Waals surface area contributed by atoms with E-state index < -0.39 is 0 Å². The van der Waals surface area contributed by atoms with Crippen molar-refractivity contribution in [3.63, 3.8) is 0 Å². The lowest BCUT2D eigenvalue weighted by molar-refractivity contribution is 0.0717. The molecule has 0 bridgehead atoms. The SMILES string of the molecule is CO[C@H](c1ccccc1)[C@H](N)CN(C)C.